The van der Waals surface area contributed by atoms with Crippen LogP contribution in [0, 0.1) is 5.41 Å². The van der Waals surface area contributed by atoms with Crippen LogP contribution in [0.15, 0.2) is 54.1 Å². The number of carbonyl (C=O) groups is 1. The van der Waals surface area contributed by atoms with E-state index in [4.69, 9.17) is 14.3 Å². The van der Waals surface area contributed by atoms with E-state index >= 15 is 0 Å². The summed E-state index contributed by atoms with van der Waals surface area (Å²) in [6.45, 7) is 14.1. The number of rotatable bonds is 17. The molecule has 1 aliphatic rings. The number of carboxylic acid groups (broad SMARTS) is 1. The van der Waals surface area contributed by atoms with Gasteiger partial charge in [0.1, 0.15) is 12.4 Å². The topological polar surface area (TPSA) is 76.0 Å². The summed E-state index contributed by atoms with van der Waals surface area (Å²) in [5.74, 6) is 0.108. The molecular formula is C32H52O5Si. The van der Waals surface area contributed by atoms with Crippen LogP contribution in [0.1, 0.15) is 91.9 Å². The summed E-state index contributed by atoms with van der Waals surface area (Å²) in [4.78, 5) is 10.8. The van der Waals surface area contributed by atoms with Crippen molar-refractivity contribution in [3.05, 3.63) is 54.1 Å². The molecule has 6 heteroatoms. The number of aliphatic carboxylic acids is 1. The van der Waals surface area contributed by atoms with E-state index in [0.717, 1.165) is 50.7 Å². The Labute approximate surface area is 232 Å². The first kappa shape index (κ1) is 32.3. The third-order valence-electron chi connectivity index (χ3n) is 8.43. The SMILES string of the molecule is CCCC[C@@]1(C/C=C\CCCC(=O)O)C(CCC(COc2ccccc2)O[Si](C)(C)C(C)(C)C)=CC[C@@H]1O. The van der Waals surface area contributed by atoms with E-state index < -0.39 is 14.3 Å². The number of carboxylic acids is 1. The lowest BCUT2D eigenvalue weighted by Gasteiger charge is -2.40. The maximum Gasteiger partial charge on any atom is 0.303 e. The lowest BCUT2D eigenvalue weighted by molar-refractivity contribution is -0.137. The van der Waals surface area contributed by atoms with E-state index in [9.17, 15) is 9.90 Å². The number of para-hydroxylation sites is 1. The molecule has 0 radical (unpaired) electrons. The number of unbranched alkanes of at least 4 members (excludes halogenated alkanes) is 2. The largest absolute Gasteiger partial charge is 0.491 e. The highest BCUT2D eigenvalue weighted by Gasteiger charge is 2.44. The van der Waals surface area contributed by atoms with E-state index in [1.807, 2.05) is 30.3 Å². The number of hydrogen-bond acceptors (Lipinski definition) is 4. The van der Waals surface area contributed by atoms with Crippen molar-refractivity contribution in [2.45, 2.75) is 122 Å². The molecule has 1 aromatic rings. The van der Waals surface area contributed by atoms with Crippen molar-refractivity contribution in [3.8, 4) is 5.75 Å². The number of benzene rings is 1. The Morgan fingerprint density at radius 3 is 2.53 bits per heavy atom. The van der Waals surface area contributed by atoms with Gasteiger partial charge in [-0.15, -0.1) is 0 Å². The van der Waals surface area contributed by atoms with E-state index in [1.54, 1.807) is 0 Å². The Morgan fingerprint density at radius 2 is 1.89 bits per heavy atom. The van der Waals surface area contributed by atoms with E-state index in [-0.39, 0.29) is 29.1 Å². The fourth-order valence-electron chi connectivity index (χ4n) is 5.01. The zero-order valence-corrected chi connectivity index (χ0v) is 25.7. The minimum Gasteiger partial charge on any atom is -0.491 e. The first-order valence-electron chi connectivity index (χ1n) is 14.5. The quantitative estimate of drug-likeness (QED) is 0.117. The van der Waals surface area contributed by atoms with Gasteiger partial charge in [-0.05, 0) is 75.2 Å². The molecule has 0 amide bonds. The molecule has 214 valence electrons. The number of allylic oxidation sites excluding steroid dienone is 2. The standard InChI is InChI=1S/C32H52O5Si/c1-7-8-23-32(24-15-10-9-14-18-30(34)35)26(20-22-29(32)33)19-21-28(37-38(5,6)31(2,3)4)25-36-27-16-12-11-13-17-27/h10-13,15-17,20,28-29,33H,7-9,14,18-19,21-25H2,1-6H3,(H,34,35)/b15-10-/t28?,29-,32+/m0/s1. The lowest BCUT2D eigenvalue weighted by Crippen LogP contribution is -2.45. The van der Waals surface area contributed by atoms with Crippen molar-refractivity contribution in [1.29, 1.82) is 0 Å². The number of aliphatic hydroxyl groups excluding tert-OH is 1. The van der Waals surface area contributed by atoms with Gasteiger partial charge in [-0.3, -0.25) is 4.79 Å². The van der Waals surface area contributed by atoms with Crippen LogP contribution in [0.25, 0.3) is 0 Å². The third-order valence-corrected chi connectivity index (χ3v) is 13.0. The molecule has 0 aliphatic heterocycles. The van der Waals surface area contributed by atoms with Crippen LogP contribution in [0.4, 0.5) is 0 Å². The molecule has 0 aromatic heterocycles. The molecule has 0 bridgehead atoms. The summed E-state index contributed by atoms with van der Waals surface area (Å²) in [5.41, 5.74) is 1.10. The highest BCUT2D eigenvalue weighted by Crippen LogP contribution is 2.49. The number of aliphatic hydroxyl groups is 1. The molecule has 1 unspecified atom stereocenters. The minimum atomic E-state index is -2.00. The molecule has 0 saturated heterocycles. The highest BCUT2D eigenvalue weighted by molar-refractivity contribution is 6.74. The maximum absolute atomic E-state index is 11.2. The fraction of sp³-hybridized carbons (Fsp3) is 0.656. The van der Waals surface area contributed by atoms with Gasteiger partial charge in [-0.2, -0.15) is 0 Å². The molecule has 0 fully saturated rings. The minimum absolute atomic E-state index is 0.0230. The van der Waals surface area contributed by atoms with Crippen LogP contribution < -0.4 is 4.74 Å². The van der Waals surface area contributed by atoms with Crippen molar-refractivity contribution < 1.29 is 24.2 Å². The third kappa shape index (κ3) is 9.69. The van der Waals surface area contributed by atoms with Crippen LogP contribution in [0.3, 0.4) is 0 Å². The Bertz CT molecular complexity index is 902. The Balaban J connectivity index is 2.15. The number of ether oxygens (including phenoxy) is 1. The monoisotopic (exact) mass is 544 g/mol. The summed E-state index contributed by atoms with van der Waals surface area (Å²) in [6, 6.07) is 9.93. The van der Waals surface area contributed by atoms with Crippen LogP contribution in [-0.2, 0) is 9.22 Å². The second kappa shape index (κ2) is 15.0. The smallest absolute Gasteiger partial charge is 0.303 e. The highest BCUT2D eigenvalue weighted by atomic mass is 28.4. The second-order valence-corrected chi connectivity index (χ2v) is 17.1. The molecule has 1 aliphatic carbocycles. The summed E-state index contributed by atoms with van der Waals surface area (Å²) in [7, 11) is -2.00. The molecule has 1 aromatic carbocycles. The van der Waals surface area contributed by atoms with E-state index in [2.05, 4.69) is 59.0 Å². The summed E-state index contributed by atoms with van der Waals surface area (Å²) < 4.78 is 13.0. The molecule has 0 saturated carbocycles. The molecule has 38 heavy (non-hydrogen) atoms. The molecule has 5 nitrogen and oxygen atoms in total. The molecule has 2 N–H and O–H groups in total. The van der Waals surface area contributed by atoms with Crippen LogP contribution in [-0.4, -0.2) is 43.3 Å². The van der Waals surface area contributed by atoms with Gasteiger partial charge in [0.25, 0.3) is 0 Å². The Morgan fingerprint density at radius 1 is 1.18 bits per heavy atom. The summed E-state index contributed by atoms with van der Waals surface area (Å²) >= 11 is 0. The molecular weight excluding hydrogens is 492 g/mol. The van der Waals surface area contributed by atoms with Crippen molar-refractivity contribution >= 4 is 14.3 Å². The van der Waals surface area contributed by atoms with Crippen LogP contribution in [0.2, 0.25) is 18.1 Å². The second-order valence-electron chi connectivity index (χ2n) is 12.4. The van der Waals surface area contributed by atoms with Crippen LogP contribution >= 0.6 is 0 Å². The van der Waals surface area contributed by atoms with Gasteiger partial charge < -0.3 is 19.4 Å². The fourth-order valence-corrected chi connectivity index (χ4v) is 6.38. The average molecular weight is 545 g/mol. The van der Waals surface area contributed by atoms with Gasteiger partial charge in [0.15, 0.2) is 8.32 Å². The van der Waals surface area contributed by atoms with Crippen molar-refractivity contribution in [2.75, 3.05) is 6.61 Å². The van der Waals surface area contributed by atoms with E-state index in [0.29, 0.717) is 19.4 Å². The van der Waals surface area contributed by atoms with Gasteiger partial charge in [0, 0.05) is 11.8 Å². The first-order valence-corrected chi connectivity index (χ1v) is 17.4. The first-order chi connectivity index (χ1) is 17.9. The van der Waals surface area contributed by atoms with E-state index in [1.165, 1.54) is 5.57 Å². The summed E-state index contributed by atoms with van der Waals surface area (Å²) in [5, 5.41) is 20.2. The van der Waals surface area contributed by atoms with Gasteiger partial charge in [0.05, 0.1) is 12.2 Å². The molecule has 0 heterocycles. The lowest BCUT2D eigenvalue weighted by atomic mass is 9.71. The summed E-state index contributed by atoms with van der Waals surface area (Å²) in [6.07, 6.45) is 14.1. The zero-order chi connectivity index (χ0) is 28.2. The predicted octanol–water partition coefficient (Wildman–Crippen LogP) is 8.30. The van der Waals surface area contributed by atoms with Crippen LogP contribution in [0.5, 0.6) is 5.75 Å². The Hall–Kier alpha value is -1.89. The van der Waals surface area contributed by atoms with Crippen molar-refractivity contribution in [2.24, 2.45) is 5.41 Å². The van der Waals surface area contributed by atoms with Crippen molar-refractivity contribution in [1.82, 2.24) is 0 Å². The van der Waals surface area contributed by atoms with Gasteiger partial charge in [-0.25, -0.2) is 0 Å². The van der Waals surface area contributed by atoms with Gasteiger partial charge >= 0.3 is 5.97 Å². The predicted molar refractivity (Wildman–Crippen MR) is 159 cm³/mol. The van der Waals surface area contributed by atoms with Gasteiger partial charge in [0.2, 0.25) is 0 Å². The molecule has 3 atom stereocenters. The Kier molecular flexibility index (Phi) is 12.8. The maximum atomic E-state index is 11.2. The molecule has 2 rings (SSSR count). The normalized spacial score (nSPS) is 21.0. The molecule has 0 spiro atoms. The van der Waals surface area contributed by atoms with Crippen molar-refractivity contribution in [3.63, 3.8) is 0 Å². The average Bonchev–Trinajstić information content (AvgIpc) is 3.16. The zero-order valence-electron chi connectivity index (χ0n) is 24.7. The number of hydrogen-bond donors (Lipinski definition) is 2. The van der Waals surface area contributed by atoms with Gasteiger partial charge in [-0.1, -0.05) is 82.5 Å².